The Morgan fingerprint density at radius 1 is 1.15 bits per heavy atom. The van der Waals surface area contributed by atoms with E-state index in [1.165, 1.54) is 16.8 Å². The van der Waals surface area contributed by atoms with Crippen LogP contribution in [-0.4, -0.2) is 36.4 Å². The van der Waals surface area contributed by atoms with Gasteiger partial charge in [-0.15, -0.1) is 11.3 Å². The topological polar surface area (TPSA) is 130 Å². The molecule has 0 aliphatic carbocycles. The van der Waals surface area contributed by atoms with Crippen LogP contribution in [-0.2, 0) is 13.8 Å². The van der Waals surface area contributed by atoms with Crippen LogP contribution in [0.4, 0.5) is 14.5 Å². The summed E-state index contributed by atoms with van der Waals surface area (Å²) in [4.78, 5) is 29.7. The van der Waals surface area contributed by atoms with Crippen molar-refractivity contribution < 1.29 is 23.1 Å². The molecule has 4 aromatic heterocycles. The largest absolute Gasteiger partial charge is 0.471 e. The number of halogens is 2. The van der Waals surface area contributed by atoms with Gasteiger partial charge in [0.1, 0.15) is 21.2 Å². The third kappa shape index (κ3) is 5.08. The number of thiophene rings is 1. The fourth-order valence-electron chi connectivity index (χ4n) is 4.18. The maximum atomic E-state index is 13.7. The fourth-order valence-corrected chi connectivity index (χ4v) is 5.20. The van der Waals surface area contributed by atoms with Gasteiger partial charge >= 0.3 is 0 Å². The Labute approximate surface area is 225 Å². The summed E-state index contributed by atoms with van der Waals surface area (Å²) >= 11 is 0.828. The lowest BCUT2D eigenvalue weighted by Gasteiger charge is -2.10. The molecule has 0 atom stereocenters. The number of hydrogen-bond acceptors (Lipinski definition) is 7. The summed E-state index contributed by atoms with van der Waals surface area (Å²) in [5, 5.41) is 11.6. The van der Waals surface area contributed by atoms with Crippen molar-refractivity contribution in [1.29, 1.82) is 0 Å². The highest BCUT2D eigenvalue weighted by atomic mass is 32.1. The van der Waals surface area contributed by atoms with Crippen molar-refractivity contribution in [1.82, 2.24) is 24.5 Å². The molecule has 5 aromatic rings. The van der Waals surface area contributed by atoms with Crippen LogP contribution in [0.2, 0.25) is 0 Å². The third-order valence-corrected chi connectivity index (χ3v) is 7.09. The van der Waals surface area contributed by atoms with E-state index >= 15 is 0 Å². The standard InChI is InChI=1S/C26H23F2N7O3S/c1-13-6-4-5-7-19(13)38-12-35-9-8-17(33-35)25(37)31-21-20-15(16-11-34(3)32-14(16)2)10-18(23(27)28)30-26(20)39-22(21)24(29)36/h4-11,23H,12H2,1-3H3,(H2,29,36)(H,31,37). The quantitative estimate of drug-likeness (QED) is 0.284. The number of alkyl halides is 2. The molecule has 0 fully saturated rings. The Balaban J connectivity index is 1.52. The van der Waals surface area contributed by atoms with E-state index in [1.807, 2.05) is 31.2 Å². The molecule has 10 nitrogen and oxygen atoms in total. The van der Waals surface area contributed by atoms with Gasteiger partial charge in [-0.25, -0.2) is 18.4 Å². The number of pyridine rings is 1. The van der Waals surface area contributed by atoms with E-state index in [0.717, 1.165) is 16.9 Å². The summed E-state index contributed by atoms with van der Waals surface area (Å²) in [6.45, 7) is 3.71. The van der Waals surface area contributed by atoms with Crippen LogP contribution < -0.4 is 15.8 Å². The molecule has 1 aromatic carbocycles. The smallest absolute Gasteiger partial charge is 0.280 e. The van der Waals surface area contributed by atoms with Crippen LogP contribution in [0.1, 0.15) is 43.5 Å². The molecular formula is C26H23F2N7O3S. The van der Waals surface area contributed by atoms with E-state index < -0.39 is 23.9 Å². The van der Waals surface area contributed by atoms with Crippen molar-refractivity contribution in [2.75, 3.05) is 5.32 Å². The number of nitrogens with two attached hydrogens (primary N) is 1. The number of carbonyl (C=O) groups excluding carboxylic acids is 2. The minimum absolute atomic E-state index is 0.0256. The fraction of sp³-hybridized carbons (Fsp3) is 0.192. The zero-order valence-corrected chi connectivity index (χ0v) is 21.9. The number of carbonyl (C=O) groups is 2. The molecule has 0 saturated heterocycles. The van der Waals surface area contributed by atoms with E-state index in [0.29, 0.717) is 28.0 Å². The predicted octanol–water partition coefficient (Wildman–Crippen LogP) is 4.84. The number of aromatic nitrogens is 5. The molecule has 0 radical (unpaired) electrons. The Morgan fingerprint density at radius 3 is 2.59 bits per heavy atom. The minimum Gasteiger partial charge on any atom is -0.471 e. The number of nitrogens with zero attached hydrogens (tertiary/aromatic N) is 5. The molecule has 13 heteroatoms. The molecule has 0 unspecified atom stereocenters. The Bertz CT molecular complexity index is 1720. The molecular weight excluding hydrogens is 528 g/mol. The van der Waals surface area contributed by atoms with Gasteiger partial charge in [0.25, 0.3) is 18.2 Å². The summed E-state index contributed by atoms with van der Waals surface area (Å²) < 4.78 is 36.2. The van der Waals surface area contributed by atoms with Gasteiger partial charge in [0, 0.05) is 30.4 Å². The van der Waals surface area contributed by atoms with Gasteiger partial charge in [0.2, 0.25) is 0 Å². The van der Waals surface area contributed by atoms with Gasteiger partial charge < -0.3 is 15.8 Å². The van der Waals surface area contributed by atoms with Crippen molar-refractivity contribution in [3.05, 3.63) is 76.3 Å². The van der Waals surface area contributed by atoms with Gasteiger partial charge in [0.05, 0.1) is 11.4 Å². The lowest BCUT2D eigenvalue weighted by Crippen LogP contribution is -2.18. The summed E-state index contributed by atoms with van der Waals surface area (Å²) in [5.41, 5.74) is 7.69. The zero-order valence-electron chi connectivity index (χ0n) is 21.1. The van der Waals surface area contributed by atoms with Crippen LogP contribution in [0, 0.1) is 13.8 Å². The average Bonchev–Trinajstić information content (AvgIpc) is 3.60. The molecule has 200 valence electrons. The molecule has 2 amide bonds. The number of anilines is 1. The maximum Gasteiger partial charge on any atom is 0.280 e. The maximum absolute atomic E-state index is 13.7. The van der Waals surface area contributed by atoms with E-state index in [2.05, 4.69) is 20.5 Å². The van der Waals surface area contributed by atoms with Gasteiger partial charge in [0.15, 0.2) is 12.4 Å². The van der Waals surface area contributed by atoms with E-state index in [9.17, 15) is 18.4 Å². The highest BCUT2D eigenvalue weighted by Gasteiger charge is 2.26. The third-order valence-electron chi connectivity index (χ3n) is 5.99. The van der Waals surface area contributed by atoms with Gasteiger partial charge in [-0.1, -0.05) is 18.2 Å². The van der Waals surface area contributed by atoms with Gasteiger partial charge in [-0.3, -0.25) is 14.3 Å². The number of primary amides is 1. The number of hydrogen-bond donors (Lipinski definition) is 2. The molecule has 0 aliphatic rings. The number of ether oxygens (including phenoxy) is 1. The van der Waals surface area contributed by atoms with Crippen LogP contribution in [0.25, 0.3) is 21.3 Å². The van der Waals surface area contributed by atoms with Crippen molar-refractivity contribution in [2.45, 2.75) is 27.0 Å². The molecule has 0 spiro atoms. The Hall–Kier alpha value is -4.65. The molecule has 3 N–H and O–H groups in total. The Morgan fingerprint density at radius 2 is 1.92 bits per heavy atom. The van der Waals surface area contributed by atoms with Crippen LogP contribution in [0.15, 0.2) is 48.8 Å². The number of fused-ring (bicyclic) bond motifs is 1. The number of nitrogens with one attached hydrogen (secondary N) is 1. The first-order valence-corrected chi connectivity index (χ1v) is 12.5. The summed E-state index contributed by atoms with van der Waals surface area (Å²) in [6.07, 6.45) is 0.394. The van der Waals surface area contributed by atoms with Crippen LogP contribution in [0.5, 0.6) is 5.75 Å². The number of aryl methyl sites for hydroxylation is 3. The number of amides is 2. The highest BCUT2D eigenvalue weighted by Crippen LogP contribution is 2.43. The SMILES string of the molecule is Cc1ccccc1OCn1ccc(C(=O)Nc2c(C(N)=O)sc3nc(C(F)F)cc(-c4cn(C)nc4C)c23)n1. The first-order valence-electron chi connectivity index (χ1n) is 11.7. The summed E-state index contributed by atoms with van der Waals surface area (Å²) in [5.74, 6) is -0.778. The molecule has 39 heavy (non-hydrogen) atoms. The van der Waals surface area contributed by atoms with Crippen molar-refractivity contribution in [2.24, 2.45) is 12.8 Å². The van der Waals surface area contributed by atoms with Crippen molar-refractivity contribution >= 4 is 39.1 Å². The molecule has 5 rings (SSSR count). The number of benzene rings is 1. The Kier molecular flexibility index (Phi) is 6.83. The normalized spacial score (nSPS) is 11.3. The second kappa shape index (κ2) is 10.3. The number of rotatable bonds is 8. The molecule has 4 heterocycles. The van der Waals surface area contributed by atoms with Gasteiger partial charge in [-0.05, 0) is 43.2 Å². The first kappa shape index (κ1) is 26.0. The average molecular weight is 552 g/mol. The summed E-state index contributed by atoms with van der Waals surface area (Å²) in [6, 6.07) is 10.2. The highest BCUT2D eigenvalue weighted by molar-refractivity contribution is 7.21. The molecule has 0 bridgehead atoms. The van der Waals surface area contributed by atoms with Crippen LogP contribution >= 0.6 is 11.3 Å². The monoisotopic (exact) mass is 551 g/mol. The summed E-state index contributed by atoms with van der Waals surface area (Å²) in [7, 11) is 1.70. The predicted molar refractivity (Wildman–Crippen MR) is 142 cm³/mol. The van der Waals surface area contributed by atoms with Crippen molar-refractivity contribution in [3.8, 4) is 16.9 Å². The van der Waals surface area contributed by atoms with E-state index in [-0.39, 0.29) is 27.8 Å². The second-order valence-corrected chi connectivity index (χ2v) is 9.78. The molecule has 0 saturated carbocycles. The lowest BCUT2D eigenvalue weighted by atomic mass is 10.0. The minimum atomic E-state index is -2.85. The van der Waals surface area contributed by atoms with Gasteiger partial charge in [-0.2, -0.15) is 10.2 Å². The second-order valence-electron chi connectivity index (χ2n) is 8.78. The van der Waals surface area contributed by atoms with Crippen LogP contribution in [0.3, 0.4) is 0 Å². The zero-order chi connectivity index (χ0) is 27.8. The molecule has 0 aliphatic heterocycles. The van der Waals surface area contributed by atoms with Crippen molar-refractivity contribution in [3.63, 3.8) is 0 Å². The van der Waals surface area contributed by atoms with E-state index in [1.54, 1.807) is 31.0 Å². The number of para-hydroxylation sites is 1. The van der Waals surface area contributed by atoms with E-state index in [4.69, 9.17) is 10.5 Å². The lowest BCUT2D eigenvalue weighted by molar-refractivity contribution is 0.100. The first-order chi connectivity index (χ1) is 18.6.